The third-order valence-electron chi connectivity index (χ3n) is 2.62. The predicted octanol–water partition coefficient (Wildman–Crippen LogP) is 1.31. The lowest BCUT2D eigenvalue weighted by molar-refractivity contribution is 0.441. The molecule has 2 rings (SSSR count). The molecule has 0 radical (unpaired) electrons. The molecule has 2 heterocycles. The molecule has 0 bridgehead atoms. The smallest absolute Gasteiger partial charge is 0.153 e. The fourth-order valence-corrected chi connectivity index (χ4v) is 2.35. The van der Waals surface area contributed by atoms with Crippen LogP contribution in [0.3, 0.4) is 0 Å². The number of nitrogens with zero attached hydrogens (tertiary/aromatic N) is 3. The number of halogens is 1. The Morgan fingerprint density at radius 1 is 1.65 bits per heavy atom. The van der Waals surface area contributed by atoms with Crippen LogP contribution < -0.4 is 11.3 Å². The van der Waals surface area contributed by atoms with Crippen molar-refractivity contribution >= 4 is 15.9 Å². The van der Waals surface area contributed by atoms with E-state index in [4.69, 9.17) is 10.3 Å². The van der Waals surface area contributed by atoms with Gasteiger partial charge in [-0.25, -0.2) is 4.68 Å². The number of aryl methyl sites for hydroxylation is 2. The molecule has 1 unspecified atom stereocenters. The van der Waals surface area contributed by atoms with E-state index in [0.29, 0.717) is 4.60 Å². The monoisotopic (exact) mass is 299 g/mol. The fraction of sp³-hybridized carbons (Fsp3) is 0.400. The maximum absolute atomic E-state index is 5.57. The maximum Gasteiger partial charge on any atom is 0.153 e. The van der Waals surface area contributed by atoms with Crippen LogP contribution in [0.4, 0.5) is 0 Å². The van der Waals surface area contributed by atoms with Crippen LogP contribution >= 0.6 is 15.9 Å². The summed E-state index contributed by atoms with van der Waals surface area (Å²) in [4.78, 5) is 0. The number of hydrogen-bond acceptors (Lipinski definition) is 5. The first kappa shape index (κ1) is 12.3. The molecule has 0 spiro atoms. The molecule has 0 aliphatic heterocycles. The van der Waals surface area contributed by atoms with Crippen LogP contribution in [0, 0.1) is 0 Å². The van der Waals surface area contributed by atoms with E-state index in [1.807, 2.05) is 19.2 Å². The largest absolute Gasteiger partial charge is 0.469 e. The van der Waals surface area contributed by atoms with Crippen LogP contribution in [0.1, 0.15) is 23.9 Å². The average molecular weight is 300 g/mol. The van der Waals surface area contributed by atoms with Gasteiger partial charge in [0.15, 0.2) is 4.60 Å². The van der Waals surface area contributed by atoms with E-state index in [1.165, 1.54) is 0 Å². The van der Waals surface area contributed by atoms with E-state index in [1.54, 1.807) is 10.9 Å². The highest BCUT2D eigenvalue weighted by atomic mass is 79.9. The van der Waals surface area contributed by atoms with Crippen molar-refractivity contribution in [2.24, 2.45) is 12.9 Å². The Hall–Kier alpha value is -1.18. The van der Waals surface area contributed by atoms with Gasteiger partial charge in [0.25, 0.3) is 0 Å². The van der Waals surface area contributed by atoms with Crippen molar-refractivity contribution in [3.05, 3.63) is 34.5 Å². The predicted molar refractivity (Wildman–Crippen MR) is 65.8 cm³/mol. The molecule has 92 valence electrons. The second-order valence-corrected chi connectivity index (χ2v) is 4.48. The van der Waals surface area contributed by atoms with Crippen molar-refractivity contribution in [1.82, 2.24) is 20.4 Å². The van der Waals surface area contributed by atoms with Crippen molar-refractivity contribution in [3.63, 3.8) is 0 Å². The van der Waals surface area contributed by atoms with Gasteiger partial charge in [-0.15, -0.1) is 5.10 Å². The van der Waals surface area contributed by atoms with Gasteiger partial charge in [0.1, 0.15) is 5.76 Å². The lowest BCUT2D eigenvalue weighted by atomic mass is 10.1. The van der Waals surface area contributed by atoms with Crippen LogP contribution in [-0.4, -0.2) is 15.0 Å². The minimum Gasteiger partial charge on any atom is -0.469 e. The summed E-state index contributed by atoms with van der Waals surface area (Å²) in [5.41, 5.74) is 3.71. The lowest BCUT2D eigenvalue weighted by Crippen LogP contribution is -2.30. The van der Waals surface area contributed by atoms with E-state index < -0.39 is 0 Å². The number of hydrazine groups is 1. The molecule has 2 aromatic rings. The third-order valence-corrected chi connectivity index (χ3v) is 3.18. The van der Waals surface area contributed by atoms with Crippen molar-refractivity contribution < 1.29 is 4.42 Å². The molecule has 1 atom stereocenters. The molecule has 17 heavy (non-hydrogen) atoms. The molecule has 0 aliphatic rings. The Bertz CT molecular complexity index is 448. The molecule has 3 N–H and O–H groups in total. The van der Waals surface area contributed by atoms with Crippen molar-refractivity contribution in [2.75, 3.05) is 0 Å². The molecular weight excluding hydrogens is 286 g/mol. The van der Waals surface area contributed by atoms with E-state index in [2.05, 4.69) is 31.7 Å². The molecule has 7 heteroatoms. The van der Waals surface area contributed by atoms with Gasteiger partial charge in [-0.1, -0.05) is 5.21 Å². The van der Waals surface area contributed by atoms with Crippen LogP contribution in [0.5, 0.6) is 0 Å². The number of nitrogens with one attached hydrogen (secondary N) is 1. The van der Waals surface area contributed by atoms with Crippen LogP contribution in [0.2, 0.25) is 0 Å². The SMILES string of the molecule is Cn1nnc(Br)c1C(CCc1ccco1)NN. The zero-order valence-electron chi connectivity index (χ0n) is 9.43. The quantitative estimate of drug-likeness (QED) is 0.642. The minimum absolute atomic E-state index is 0.0190. The number of hydrogen-bond donors (Lipinski definition) is 2. The zero-order valence-corrected chi connectivity index (χ0v) is 11.0. The molecule has 0 aromatic carbocycles. The first-order valence-corrected chi connectivity index (χ1v) is 6.05. The lowest BCUT2D eigenvalue weighted by Gasteiger charge is -2.15. The van der Waals surface area contributed by atoms with Crippen molar-refractivity contribution in [2.45, 2.75) is 18.9 Å². The van der Waals surface area contributed by atoms with E-state index in [0.717, 1.165) is 24.3 Å². The second-order valence-electron chi connectivity index (χ2n) is 3.73. The Kier molecular flexibility index (Phi) is 3.93. The molecule has 0 fully saturated rings. The minimum atomic E-state index is -0.0190. The molecule has 0 aliphatic carbocycles. The molecule has 0 amide bonds. The van der Waals surface area contributed by atoms with E-state index >= 15 is 0 Å². The standard InChI is InChI=1S/C10H14BrN5O/c1-16-9(10(11)14-15-16)8(13-12)5-4-7-3-2-6-17-7/h2-3,6,8,13H,4-5,12H2,1H3. The summed E-state index contributed by atoms with van der Waals surface area (Å²) in [6.45, 7) is 0. The number of furan rings is 1. The topological polar surface area (TPSA) is 81.9 Å². The Morgan fingerprint density at radius 2 is 2.47 bits per heavy atom. The molecular formula is C10H14BrN5O. The summed E-state index contributed by atoms with van der Waals surface area (Å²) < 4.78 is 7.70. The Balaban J connectivity index is 2.07. The van der Waals surface area contributed by atoms with Gasteiger partial charge in [0.05, 0.1) is 18.0 Å². The molecule has 2 aromatic heterocycles. The van der Waals surface area contributed by atoms with E-state index in [9.17, 15) is 0 Å². The van der Waals surface area contributed by atoms with Crippen molar-refractivity contribution in [1.29, 1.82) is 0 Å². The average Bonchev–Trinajstić information content (AvgIpc) is 2.93. The normalized spacial score (nSPS) is 12.9. The number of aromatic nitrogens is 3. The highest BCUT2D eigenvalue weighted by Crippen LogP contribution is 2.23. The summed E-state index contributed by atoms with van der Waals surface area (Å²) in [7, 11) is 1.84. The summed E-state index contributed by atoms with van der Waals surface area (Å²) in [6, 6.07) is 3.81. The van der Waals surface area contributed by atoms with Gasteiger partial charge in [-0.05, 0) is 34.5 Å². The summed E-state index contributed by atoms with van der Waals surface area (Å²) in [6.07, 6.45) is 3.28. The van der Waals surface area contributed by atoms with Crippen LogP contribution in [0.25, 0.3) is 0 Å². The van der Waals surface area contributed by atoms with Gasteiger partial charge in [-0.2, -0.15) is 0 Å². The Labute approximate surface area is 107 Å². The zero-order chi connectivity index (χ0) is 12.3. The molecule has 0 saturated carbocycles. The second kappa shape index (κ2) is 5.44. The van der Waals surface area contributed by atoms with Gasteiger partial charge in [-0.3, -0.25) is 11.3 Å². The van der Waals surface area contributed by atoms with Gasteiger partial charge in [0.2, 0.25) is 0 Å². The van der Waals surface area contributed by atoms with Gasteiger partial charge in [0, 0.05) is 13.5 Å². The van der Waals surface area contributed by atoms with Crippen LogP contribution in [-0.2, 0) is 13.5 Å². The summed E-state index contributed by atoms with van der Waals surface area (Å²) in [5, 5.41) is 7.87. The summed E-state index contributed by atoms with van der Waals surface area (Å²) >= 11 is 3.36. The summed E-state index contributed by atoms with van der Waals surface area (Å²) in [5.74, 6) is 6.51. The van der Waals surface area contributed by atoms with Crippen molar-refractivity contribution in [3.8, 4) is 0 Å². The van der Waals surface area contributed by atoms with Crippen LogP contribution in [0.15, 0.2) is 27.4 Å². The highest BCUT2D eigenvalue weighted by molar-refractivity contribution is 9.10. The first-order valence-electron chi connectivity index (χ1n) is 5.26. The highest BCUT2D eigenvalue weighted by Gasteiger charge is 2.19. The third kappa shape index (κ3) is 2.74. The maximum atomic E-state index is 5.57. The van der Waals surface area contributed by atoms with Gasteiger partial charge < -0.3 is 4.42 Å². The molecule has 0 saturated heterocycles. The first-order chi connectivity index (χ1) is 8.22. The fourth-order valence-electron chi connectivity index (χ4n) is 1.75. The number of rotatable bonds is 5. The molecule has 6 nitrogen and oxygen atoms in total. The van der Waals surface area contributed by atoms with E-state index in [-0.39, 0.29) is 6.04 Å². The number of nitrogens with two attached hydrogens (primary N) is 1. The van der Waals surface area contributed by atoms with Gasteiger partial charge >= 0.3 is 0 Å². The Morgan fingerprint density at radius 3 is 3.00 bits per heavy atom.